The van der Waals surface area contributed by atoms with Gasteiger partial charge in [-0.25, -0.2) is 0 Å². The van der Waals surface area contributed by atoms with Crippen molar-refractivity contribution in [2.24, 2.45) is 0 Å². The molecule has 3 nitrogen and oxygen atoms in total. The molecule has 0 saturated heterocycles. The number of nitrogens with zero attached hydrogens (tertiary/aromatic N) is 3. The lowest BCUT2D eigenvalue weighted by Gasteiger charge is -2.36. The van der Waals surface area contributed by atoms with Crippen LogP contribution in [-0.2, 0) is 10.8 Å². The van der Waals surface area contributed by atoms with Gasteiger partial charge in [0.05, 0.1) is 0 Å². The number of fused-ring (bicyclic) bond motifs is 4. The van der Waals surface area contributed by atoms with Gasteiger partial charge in [-0.1, -0.05) is 123 Å². The molecule has 3 aliphatic carbocycles. The molecule has 52 heavy (non-hydrogen) atoms. The van der Waals surface area contributed by atoms with Gasteiger partial charge in [0.15, 0.2) is 0 Å². The van der Waals surface area contributed by atoms with Crippen molar-refractivity contribution in [3.05, 3.63) is 167 Å². The molecule has 2 spiro atoms. The third-order valence-electron chi connectivity index (χ3n) is 13.1. The lowest BCUT2D eigenvalue weighted by molar-refractivity contribution is 0.347. The molecule has 5 aliphatic rings. The molecule has 4 aromatic rings. The van der Waals surface area contributed by atoms with Crippen molar-refractivity contribution >= 4 is 28.5 Å². The second-order valence-electron chi connectivity index (χ2n) is 15.8. The maximum Gasteiger partial charge on any atom is 0.218 e. The van der Waals surface area contributed by atoms with Crippen LogP contribution in [0.15, 0.2) is 156 Å². The maximum absolute atomic E-state index is 2.52. The summed E-state index contributed by atoms with van der Waals surface area (Å²) in [6.45, 7) is 0. The molecule has 2 aliphatic heterocycles. The van der Waals surface area contributed by atoms with E-state index < -0.39 is 0 Å². The van der Waals surface area contributed by atoms with E-state index in [0.717, 1.165) is 12.8 Å². The van der Waals surface area contributed by atoms with Gasteiger partial charge in [0, 0.05) is 83.1 Å². The van der Waals surface area contributed by atoms with Crippen molar-refractivity contribution in [3.8, 4) is 0 Å². The van der Waals surface area contributed by atoms with Crippen molar-refractivity contribution in [3.63, 3.8) is 0 Å². The fourth-order valence-corrected chi connectivity index (χ4v) is 10.7. The molecule has 0 atom stereocenters. The van der Waals surface area contributed by atoms with Crippen LogP contribution in [0.5, 0.6) is 0 Å². The normalized spacial score (nSPS) is 23.4. The third kappa shape index (κ3) is 5.35. The highest BCUT2D eigenvalue weighted by Crippen LogP contribution is 2.56. The summed E-state index contributed by atoms with van der Waals surface area (Å²) >= 11 is 0. The predicted octanol–water partition coefficient (Wildman–Crippen LogP) is 12.1. The Hall–Kier alpha value is -4.89. The zero-order chi connectivity index (χ0) is 35.1. The summed E-state index contributed by atoms with van der Waals surface area (Å²) < 4.78 is 2.52. The number of anilines is 2. The molecule has 0 bridgehead atoms. The van der Waals surface area contributed by atoms with Crippen LogP contribution in [0.2, 0.25) is 0 Å². The van der Waals surface area contributed by atoms with Crippen LogP contribution < -0.4 is 14.4 Å². The lowest BCUT2D eigenvalue weighted by Crippen LogP contribution is -2.32. The Morgan fingerprint density at radius 1 is 0.462 bits per heavy atom. The Morgan fingerprint density at radius 2 is 0.846 bits per heavy atom. The van der Waals surface area contributed by atoms with Gasteiger partial charge >= 0.3 is 0 Å². The number of likely N-dealkylation sites (N-methyl/N-ethyl adjacent to an activating group) is 2. The predicted molar refractivity (Wildman–Crippen MR) is 220 cm³/mol. The van der Waals surface area contributed by atoms with Crippen molar-refractivity contribution in [1.82, 2.24) is 4.58 Å². The van der Waals surface area contributed by atoms with Gasteiger partial charge in [0.1, 0.15) is 0 Å². The molecule has 3 saturated carbocycles. The van der Waals surface area contributed by atoms with Gasteiger partial charge in [-0.2, -0.15) is 4.58 Å². The SMILES string of the molecule is CN1C(=CC=C2CCC(=CC=C3N(C)c4ccccc4C34CCCCC4)C2=[N+](c2ccccc2)c2ccccc2)C2(CCCCC2)c2ccccc21. The number of hydrogen-bond donors (Lipinski definition) is 0. The Balaban J connectivity index is 1.22. The van der Waals surface area contributed by atoms with Crippen LogP contribution >= 0.6 is 0 Å². The average Bonchev–Trinajstić information content (AvgIpc) is 3.77. The molecule has 0 aromatic heterocycles. The Bertz CT molecular complexity index is 1970. The molecule has 3 fully saturated rings. The molecule has 262 valence electrons. The molecule has 0 N–H and O–H groups in total. The van der Waals surface area contributed by atoms with E-state index in [1.54, 1.807) is 0 Å². The Labute approximate surface area is 311 Å². The van der Waals surface area contributed by atoms with E-state index in [0.29, 0.717) is 0 Å². The van der Waals surface area contributed by atoms with E-state index >= 15 is 0 Å². The summed E-state index contributed by atoms with van der Waals surface area (Å²) in [6, 6.07) is 40.4. The third-order valence-corrected chi connectivity index (χ3v) is 13.1. The highest BCUT2D eigenvalue weighted by atomic mass is 15.2. The number of allylic oxidation sites excluding steroid dienone is 8. The molecule has 3 heteroatoms. The highest BCUT2D eigenvalue weighted by Gasteiger charge is 2.47. The molecule has 9 rings (SSSR count). The van der Waals surface area contributed by atoms with Gasteiger partial charge in [0.2, 0.25) is 17.1 Å². The van der Waals surface area contributed by atoms with E-state index in [2.05, 4.69) is 162 Å². The minimum absolute atomic E-state index is 0.109. The lowest BCUT2D eigenvalue weighted by atomic mass is 9.68. The largest absolute Gasteiger partial charge is 0.347 e. The smallest absolute Gasteiger partial charge is 0.218 e. The zero-order valence-corrected chi connectivity index (χ0v) is 31.0. The van der Waals surface area contributed by atoms with Crippen molar-refractivity contribution < 1.29 is 0 Å². The Morgan fingerprint density at radius 3 is 1.27 bits per heavy atom. The number of benzene rings is 4. The van der Waals surface area contributed by atoms with E-state index in [-0.39, 0.29) is 10.8 Å². The van der Waals surface area contributed by atoms with Crippen molar-refractivity contribution in [2.75, 3.05) is 23.9 Å². The average molecular weight is 683 g/mol. The van der Waals surface area contributed by atoms with Crippen LogP contribution in [0, 0.1) is 0 Å². The Kier molecular flexibility index (Phi) is 8.62. The number of para-hydroxylation sites is 4. The first-order valence-electron chi connectivity index (χ1n) is 19.9. The van der Waals surface area contributed by atoms with E-state index in [4.69, 9.17) is 0 Å². The molecule has 4 aromatic carbocycles. The first kappa shape index (κ1) is 33.0. The summed E-state index contributed by atoms with van der Waals surface area (Å²) in [4.78, 5) is 4.99. The molecule has 0 amide bonds. The fraction of sp³-hybridized carbons (Fsp3) is 0.327. The van der Waals surface area contributed by atoms with Gasteiger partial charge in [0.25, 0.3) is 0 Å². The van der Waals surface area contributed by atoms with Crippen LogP contribution in [0.1, 0.15) is 88.2 Å². The van der Waals surface area contributed by atoms with Crippen LogP contribution in [0.25, 0.3) is 0 Å². The van der Waals surface area contributed by atoms with Crippen LogP contribution in [-0.4, -0.2) is 19.8 Å². The maximum atomic E-state index is 2.52. The molecule has 0 unspecified atom stereocenters. The minimum Gasteiger partial charge on any atom is -0.347 e. The van der Waals surface area contributed by atoms with Crippen LogP contribution in [0.4, 0.5) is 22.7 Å². The molecule has 2 heterocycles. The van der Waals surface area contributed by atoms with Gasteiger partial charge < -0.3 is 9.80 Å². The summed E-state index contributed by atoms with van der Waals surface area (Å²) in [5.74, 6) is 0. The summed E-state index contributed by atoms with van der Waals surface area (Å²) in [6.07, 6.45) is 24.9. The monoisotopic (exact) mass is 682 g/mol. The summed E-state index contributed by atoms with van der Waals surface area (Å²) in [5, 5.41) is 0. The summed E-state index contributed by atoms with van der Waals surface area (Å²) in [7, 11) is 4.58. The van der Waals surface area contributed by atoms with E-state index in [9.17, 15) is 0 Å². The first-order chi connectivity index (χ1) is 25.6. The van der Waals surface area contributed by atoms with Crippen LogP contribution in [0.3, 0.4) is 0 Å². The van der Waals surface area contributed by atoms with Gasteiger partial charge in [-0.15, -0.1) is 0 Å². The van der Waals surface area contributed by atoms with Crippen molar-refractivity contribution in [1.29, 1.82) is 0 Å². The highest BCUT2D eigenvalue weighted by molar-refractivity contribution is 6.17. The van der Waals surface area contributed by atoms with E-state index in [1.807, 2.05) is 0 Å². The van der Waals surface area contributed by atoms with E-state index in [1.165, 1.54) is 126 Å². The second-order valence-corrected chi connectivity index (χ2v) is 15.8. The molecular weight excluding hydrogens is 631 g/mol. The quantitative estimate of drug-likeness (QED) is 0.198. The minimum atomic E-state index is 0.109. The summed E-state index contributed by atoms with van der Waals surface area (Å²) in [5.41, 5.74) is 15.5. The molecule has 0 radical (unpaired) electrons. The zero-order valence-electron chi connectivity index (χ0n) is 31.0. The fourth-order valence-electron chi connectivity index (χ4n) is 10.7. The standard InChI is InChI=1S/C49H52N3/c1-50-43-25-13-11-23-41(43)48(33-15-5-16-34-48)45(50)31-29-37-27-28-38(47(37)52(39-19-7-3-8-20-39)40-21-9-4-10-22-40)30-32-46-49(35-17-6-18-36-49)42-24-12-14-26-44(42)51(46)2/h3-4,7-14,19-26,29-32H,5-6,15-18,27-28,33-36H2,1-2H3/q+1. The van der Waals surface area contributed by atoms with Gasteiger partial charge in [-0.3, -0.25) is 0 Å². The number of hydrogen-bond acceptors (Lipinski definition) is 2. The first-order valence-corrected chi connectivity index (χ1v) is 19.9. The van der Waals surface area contributed by atoms with Crippen molar-refractivity contribution in [2.45, 2.75) is 87.9 Å². The topological polar surface area (TPSA) is 9.49 Å². The number of rotatable bonds is 4. The molecular formula is C49H52N3+. The van der Waals surface area contributed by atoms with Gasteiger partial charge in [-0.05, 0) is 73.9 Å². The second kappa shape index (κ2) is 13.6.